The lowest BCUT2D eigenvalue weighted by Gasteiger charge is -2.60. The highest BCUT2D eigenvalue weighted by Crippen LogP contribution is 2.67. The number of carbonyl (C=O) groups excluding carboxylic acids is 3. The van der Waals surface area contributed by atoms with Crippen LogP contribution in [0.5, 0.6) is 0 Å². The van der Waals surface area contributed by atoms with Gasteiger partial charge in [0.1, 0.15) is 5.60 Å². The van der Waals surface area contributed by atoms with E-state index >= 15 is 0 Å². The summed E-state index contributed by atoms with van der Waals surface area (Å²) in [5, 5.41) is 23.1. The number of rotatable bonds is 5. The van der Waals surface area contributed by atoms with Gasteiger partial charge in [0.15, 0.2) is 18.2 Å². The topological polar surface area (TPSA) is 110 Å². The van der Waals surface area contributed by atoms with Crippen LogP contribution < -0.4 is 0 Å². The van der Waals surface area contributed by atoms with Crippen molar-refractivity contribution in [2.24, 2.45) is 28.6 Å². The molecule has 0 heterocycles. The molecule has 188 valence electrons. The molecule has 7 atom stereocenters. The average molecular weight is 483 g/mol. The summed E-state index contributed by atoms with van der Waals surface area (Å²) in [4.78, 5) is 47.2. The molecule has 7 heteroatoms. The number of hydrogen-bond donors (Lipinski definition) is 2. The minimum absolute atomic E-state index is 0.00852. The van der Waals surface area contributed by atoms with E-state index in [1.54, 1.807) is 36.4 Å². The molecule has 0 saturated heterocycles. The van der Waals surface area contributed by atoms with Crippen molar-refractivity contribution in [1.29, 1.82) is 0 Å². The van der Waals surface area contributed by atoms with Crippen molar-refractivity contribution in [1.82, 2.24) is 0 Å². The minimum Gasteiger partial charge on any atom is -0.393 e. The summed E-state index contributed by atoms with van der Waals surface area (Å²) in [5.41, 5.74) is -1.24. The lowest BCUT2D eigenvalue weighted by molar-refractivity contribution is -0.245. The summed E-state index contributed by atoms with van der Waals surface area (Å²) < 4.78 is 0. The summed E-state index contributed by atoms with van der Waals surface area (Å²) in [6.45, 7) is 3.54. The van der Waals surface area contributed by atoms with E-state index < -0.39 is 35.5 Å². The number of fused-ring (bicyclic) bond motifs is 5. The molecule has 4 aliphatic carbocycles. The van der Waals surface area contributed by atoms with E-state index in [0.29, 0.717) is 24.8 Å². The predicted molar refractivity (Wildman–Crippen MR) is 126 cm³/mol. The van der Waals surface area contributed by atoms with Gasteiger partial charge >= 0.3 is 5.97 Å². The first-order valence-corrected chi connectivity index (χ1v) is 12.7. The summed E-state index contributed by atoms with van der Waals surface area (Å²) in [6, 6.07) is 8.32. The maximum Gasteiger partial charge on any atom is 0.373 e. The molecule has 7 nitrogen and oxygen atoms in total. The number of ketones is 2. The summed E-state index contributed by atoms with van der Waals surface area (Å²) >= 11 is 0. The molecule has 3 fully saturated rings. The Balaban J connectivity index is 1.31. The molecule has 0 aliphatic heterocycles. The van der Waals surface area contributed by atoms with Gasteiger partial charge in [-0.25, -0.2) is 4.79 Å². The van der Waals surface area contributed by atoms with Crippen LogP contribution in [0.4, 0.5) is 0 Å². The lowest BCUT2D eigenvalue weighted by Crippen LogP contribution is -2.62. The number of benzene rings is 1. The zero-order valence-electron chi connectivity index (χ0n) is 20.4. The molecule has 4 aliphatic rings. The van der Waals surface area contributed by atoms with Crippen molar-refractivity contribution in [2.75, 3.05) is 6.61 Å². The fourth-order valence-corrected chi connectivity index (χ4v) is 8.03. The molecule has 0 amide bonds. The third kappa shape index (κ3) is 3.71. The van der Waals surface area contributed by atoms with Crippen LogP contribution >= 0.6 is 0 Å². The van der Waals surface area contributed by atoms with E-state index in [1.165, 1.54) is 0 Å². The number of aliphatic hydroxyl groups excluding tert-OH is 1. The van der Waals surface area contributed by atoms with Gasteiger partial charge in [-0.2, -0.15) is 4.89 Å². The fourth-order valence-electron chi connectivity index (χ4n) is 8.03. The zero-order valence-corrected chi connectivity index (χ0v) is 20.4. The highest BCUT2D eigenvalue weighted by Gasteiger charge is 2.68. The third-order valence-electron chi connectivity index (χ3n) is 9.84. The second kappa shape index (κ2) is 8.64. The van der Waals surface area contributed by atoms with Gasteiger partial charge in [0.2, 0.25) is 0 Å². The first-order valence-electron chi connectivity index (χ1n) is 12.7. The summed E-state index contributed by atoms with van der Waals surface area (Å²) in [5.74, 6) is -0.818. The molecule has 0 bridgehead atoms. The van der Waals surface area contributed by atoms with Crippen LogP contribution in [0.25, 0.3) is 0 Å². The smallest absolute Gasteiger partial charge is 0.373 e. The molecular weight excluding hydrogens is 448 g/mol. The molecule has 1 aromatic carbocycles. The highest BCUT2D eigenvalue weighted by atomic mass is 17.2. The van der Waals surface area contributed by atoms with Crippen LogP contribution in [-0.2, 0) is 19.4 Å². The van der Waals surface area contributed by atoms with Gasteiger partial charge in [0.25, 0.3) is 0 Å². The van der Waals surface area contributed by atoms with Gasteiger partial charge in [0.05, 0.1) is 11.7 Å². The molecule has 0 unspecified atom stereocenters. The fraction of sp³-hybridized carbons (Fsp3) is 0.607. The second-order valence-corrected chi connectivity index (χ2v) is 11.4. The van der Waals surface area contributed by atoms with Gasteiger partial charge in [-0.05, 0) is 79.9 Å². The molecule has 2 N–H and O–H groups in total. The molecular formula is C28H34O7. The Hall–Kier alpha value is -2.35. The Morgan fingerprint density at radius 3 is 2.57 bits per heavy atom. The van der Waals surface area contributed by atoms with E-state index in [1.807, 2.05) is 6.92 Å². The van der Waals surface area contributed by atoms with Crippen molar-refractivity contribution in [3.8, 4) is 0 Å². The SMILES string of the molecule is C[C@]12CCC(=O)C=C1CC[C@@H]1[C@@H]2[C@@H](O)C[C@@]2(C)[C@H]1CC[C@]2(O)C(=O)COOC(=O)c1ccccc1. The molecule has 0 radical (unpaired) electrons. The maximum atomic E-state index is 13.2. The van der Waals surface area contributed by atoms with E-state index in [2.05, 4.69) is 6.92 Å². The van der Waals surface area contributed by atoms with Crippen LogP contribution in [0.2, 0.25) is 0 Å². The van der Waals surface area contributed by atoms with Crippen LogP contribution in [0.15, 0.2) is 42.0 Å². The largest absolute Gasteiger partial charge is 0.393 e. The van der Waals surface area contributed by atoms with Gasteiger partial charge in [-0.1, -0.05) is 37.6 Å². The predicted octanol–water partition coefficient (Wildman–Crippen LogP) is 3.58. The number of allylic oxidation sites excluding steroid dienone is 1. The maximum absolute atomic E-state index is 13.2. The Bertz CT molecular complexity index is 1060. The molecule has 35 heavy (non-hydrogen) atoms. The highest BCUT2D eigenvalue weighted by molar-refractivity contribution is 5.92. The summed E-state index contributed by atoms with van der Waals surface area (Å²) in [7, 11) is 0. The van der Waals surface area contributed by atoms with E-state index in [-0.39, 0.29) is 35.4 Å². The van der Waals surface area contributed by atoms with Gasteiger partial charge in [-0.3, -0.25) is 14.5 Å². The van der Waals surface area contributed by atoms with Crippen LogP contribution in [0.3, 0.4) is 0 Å². The normalized spacial score (nSPS) is 40.2. The minimum atomic E-state index is -1.66. The van der Waals surface area contributed by atoms with E-state index in [0.717, 1.165) is 24.8 Å². The van der Waals surface area contributed by atoms with Gasteiger partial charge < -0.3 is 10.2 Å². The third-order valence-corrected chi connectivity index (χ3v) is 9.84. The first kappa shape index (κ1) is 24.3. The molecule has 1 aromatic rings. The zero-order chi connectivity index (χ0) is 25.0. The van der Waals surface area contributed by atoms with Crippen molar-refractivity contribution in [2.45, 2.75) is 70.5 Å². The quantitative estimate of drug-likeness (QED) is 0.488. The van der Waals surface area contributed by atoms with Gasteiger partial charge in [-0.15, -0.1) is 0 Å². The van der Waals surface area contributed by atoms with Crippen LogP contribution in [0, 0.1) is 28.6 Å². The monoisotopic (exact) mass is 482 g/mol. The second-order valence-electron chi connectivity index (χ2n) is 11.4. The molecule has 3 saturated carbocycles. The van der Waals surface area contributed by atoms with Gasteiger partial charge in [0, 0.05) is 11.8 Å². The molecule has 5 rings (SSSR count). The van der Waals surface area contributed by atoms with E-state index in [4.69, 9.17) is 9.78 Å². The molecule has 0 aromatic heterocycles. The standard InChI is InChI=1S/C28H34O7/c1-26-12-10-19(29)14-18(26)8-9-20-21-11-13-28(33,27(21,2)15-22(30)24(20)26)23(31)16-34-35-25(32)17-6-4-3-5-7-17/h3-7,14,20-22,24,30,33H,8-13,15-16H2,1-2H3/t20-,21-,22-,24+,26-,27-,28-/m0/s1. The van der Waals surface area contributed by atoms with Crippen LogP contribution in [0.1, 0.15) is 69.2 Å². The number of Topliss-reactive ketones (excluding diaryl/α,β-unsaturated/α-hetero) is 1. The summed E-state index contributed by atoms with van der Waals surface area (Å²) in [6.07, 6.45) is 5.28. The van der Waals surface area contributed by atoms with Crippen molar-refractivity contribution in [3.05, 3.63) is 47.5 Å². The Morgan fingerprint density at radius 1 is 1.09 bits per heavy atom. The first-order chi connectivity index (χ1) is 16.6. The Kier molecular flexibility index (Phi) is 6.01. The van der Waals surface area contributed by atoms with Crippen molar-refractivity contribution in [3.63, 3.8) is 0 Å². The van der Waals surface area contributed by atoms with Crippen LogP contribution in [-0.4, -0.2) is 46.1 Å². The number of hydrogen-bond acceptors (Lipinski definition) is 7. The molecule has 0 spiro atoms. The Morgan fingerprint density at radius 2 is 1.83 bits per heavy atom. The van der Waals surface area contributed by atoms with E-state index in [9.17, 15) is 24.6 Å². The average Bonchev–Trinajstić information content (AvgIpc) is 3.11. The number of aliphatic hydroxyl groups is 2. The Labute approximate surface area is 205 Å². The number of carbonyl (C=O) groups is 3. The van der Waals surface area contributed by atoms with Crippen molar-refractivity contribution >= 4 is 17.5 Å². The van der Waals surface area contributed by atoms with Crippen molar-refractivity contribution < 1.29 is 34.4 Å². The lowest BCUT2D eigenvalue weighted by atomic mass is 9.45.